The lowest BCUT2D eigenvalue weighted by atomic mass is 9.97. The van der Waals surface area contributed by atoms with Gasteiger partial charge >= 0.3 is 0 Å². The fourth-order valence-electron chi connectivity index (χ4n) is 3.20. The molecule has 4 aromatic rings. The Morgan fingerprint density at radius 2 is 1.63 bits per heavy atom. The van der Waals surface area contributed by atoms with Crippen molar-refractivity contribution in [2.75, 3.05) is 5.32 Å². The van der Waals surface area contributed by atoms with E-state index in [0.29, 0.717) is 11.4 Å². The van der Waals surface area contributed by atoms with E-state index in [9.17, 15) is 4.79 Å². The Bertz CT molecular complexity index is 1120. The van der Waals surface area contributed by atoms with E-state index < -0.39 is 0 Å². The molecule has 0 spiro atoms. The van der Waals surface area contributed by atoms with E-state index in [2.05, 4.69) is 10.3 Å². The zero-order valence-corrected chi connectivity index (χ0v) is 15.2. The molecule has 0 radical (unpaired) electrons. The van der Waals surface area contributed by atoms with Crippen molar-refractivity contribution in [3.05, 3.63) is 89.6 Å². The number of carbonyl (C=O) groups is 1. The largest absolute Gasteiger partial charge is 0.307 e. The number of aromatic nitrogens is 2. The summed E-state index contributed by atoms with van der Waals surface area (Å²) >= 11 is 0. The first kappa shape index (κ1) is 16.9. The number of nitrogens with zero attached hydrogens (tertiary/aromatic N) is 2. The Hall–Kier alpha value is -3.53. The Kier molecular flexibility index (Phi) is 4.38. The smallest absolute Gasteiger partial charge is 0.257 e. The van der Waals surface area contributed by atoms with Crippen molar-refractivity contribution in [1.29, 1.82) is 0 Å². The van der Waals surface area contributed by atoms with Gasteiger partial charge in [0.15, 0.2) is 0 Å². The summed E-state index contributed by atoms with van der Waals surface area (Å²) in [4.78, 5) is 22.2. The SMILES string of the molecule is Cc1ccc(NC(=O)c2c(C)c(-c3ccccc3)nc3ccccc23)nc1. The number of amides is 1. The van der Waals surface area contributed by atoms with Crippen LogP contribution in [0.25, 0.3) is 22.2 Å². The molecule has 0 saturated heterocycles. The summed E-state index contributed by atoms with van der Waals surface area (Å²) in [6.07, 6.45) is 1.74. The molecule has 0 atom stereocenters. The molecule has 0 bridgehead atoms. The summed E-state index contributed by atoms with van der Waals surface area (Å²) in [5.74, 6) is 0.354. The van der Waals surface area contributed by atoms with Gasteiger partial charge in [-0.1, -0.05) is 54.6 Å². The van der Waals surface area contributed by atoms with Crippen molar-refractivity contribution in [2.45, 2.75) is 13.8 Å². The molecular formula is C23H19N3O. The van der Waals surface area contributed by atoms with Gasteiger partial charge in [-0.2, -0.15) is 0 Å². The van der Waals surface area contributed by atoms with Crippen LogP contribution in [0.5, 0.6) is 0 Å². The number of rotatable bonds is 3. The van der Waals surface area contributed by atoms with Crippen molar-refractivity contribution in [2.24, 2.45) is 0 Å². The Morgan fingerprint density at radius 3 is 2.37 bits per heavy atom. The molecule has 27 heavy (non-hydrogen) atoms. The summed E-state index contributed by atoms with van der Waals surface area (Å²) < 4.78 is 0. The lowest BCUT2D eigenvalue weighted by Crippen LogP contribution is -2.16. The second-order valence-corrected chi connectivity index (χ2v) is 6.52. The molecule has 0 aliphatic carbocycles. The van der Waals surface area contributed by atoms with Crippen LogP contribution in [0, 0.1) is 13.8 Å². The molecule has 1 amide bonds. The van der Waals surface area contributed by atoms with E-state index in [-0.39, 0.29) is 5.91 Å². The normalized spacial score (nSPS) is 10.7. The van der Waals surface area contributed by atoms with Gasteiger partial charge in [-0.05, 0) is 37.1 Å². The number of benzene rings is 2. The summed E-state index contributed by atoms with van der Waals surface area (Å²) in [6, 6.07) is 21.4. The highest BCUT2D eigenvalue weighted by molar-refractivity contribution is 6.14. The highest BCUT2D eigenvalue weighted by atomic mass is 16.1. The summed E-state index contributed by atoms with van der Waals surface area (Å²) in [7, 11) is 0. The van der Waals surface area contributed by atoms with Crippen LogP contribution in [0.3, 0.4) is 0 Å². The van der Waals surface area contributed by atoms with Gasteiger partial charge < -0.3 is 5.32 Å². The standard InChI is InChI=1S/C23H19N3O/c1-15-12-13-20(24-14-15)26-23(27)21-16(2)22(17-8-4-3-5-9-17)25-19-11-7-6-10-18(19)21/h3-14H,1-2H3,(H,24,26,27). The Morgan fingerprint density at radius 1 is 0.889 bits per heavy atom. The van der Waals surface area contributed by atoms with Gasteiger partial charge in [-0.15, -0.1) is 0 Å². The van der Waals surface area contributed by atoms with E-state index in [0.717, 1.165) is 33.3 Å². The monoisotopic (exact) mass is 353 g/mol. The summed E-state index contributed by atoms with van der Waals surface area (Å²) in [6.45, 7) is 3.91. The molecule has 4 rings (SSSR count). The lowest BCUT2D eigenvalue weighted by molar-refractivity contribution is 0.102. The molecule has 0 unspecified atom stereocenters. The third-order valence-corrected chi connectivity index (χ3v) is 4.56. The first-order valence-electron chi connectivity index (χ1n) is 8.82. The average Bonchev–Trinajstić information content (AvgIpc) is 2.70. The summed E-state index contributed by atoms with van der Waals surface area (Å²) in [5, 5.41) is 3.75. The van der Waals surface area contributed by atoms with Crippen LogP contribution in [0.4, 0.5) is 5.82 Å². The number of nitrogens with one attached hydrogen (secondary N) is 1. The third kappa shape index (κ3) is 3.29. The van der Waals surface area contributed by atoms with Crippen LogP contribution in [-0.4, -0.2) is 15.9 Å². The van der Waals surface area contributed by atoms with Crippen molar-refractivity contribution >= 4 is 22.6 Å². The van der Waals surface area contributed by atoms with E-state index >= 15 is 0 Å². The molecule has 0 saturated carbocycles. The maximum Gasteiger partial charge on any atom is 0.257 e. The second-order valence-electron chi connectivity index (χ2n) is 6.52. The Labute approximate surface area is 157 Å². The molecule has 132 valence electrons. The number of hydrogen-bond acceptors (Lipinski definition) is 3. The highest BCUT2D eigenvalue weighted by Gasteiger charge is 2.19. The van der Waals surface area contributed by atoms with E-state index in [1.54, 1.807) is 6.20 Å². The van der Waals surface area contributed by atoms with Gasteiger partial charge in [0.2, 0.25) is 0 Å². The van der Waals surface area contributed by atoms with Crippen LogP contribution in [0.1, 0.15) is 21.5 Å². The van der Waals surface area contributed by atoms with Gasteiger partial charge in [0, 0.05) is 17.1 Å². The fraction of sp³-hybridized carbons (Fsp3) is 0.0870. The predicted molar refractivity (Wildman–Crippen MR) is 109 cm³/mol. The van der Waals surface area contributed by atoms with Crippen molar-refractivity contribution in [3.8, 4) is 11.3 Å². The van der Waals surface area contributed by atoms with Crippen molar-refractivity contribution in [3.63, 3.8) is 0 Å². The van der Waals surface area contributed by atoms with Crippen LogP contribution in [-0.2, 0) is 0 Å². The summed E-state index contributed by atoms with van der Waals surface area (Å²) in [5.41, 5.74) is 5.12. The number of para-hydroxylation sites is 1. The molecule has 2 heterocycles. The number of fused-ring (bicyclic) bond motifs is 1. The van der Waals surface area contributed by atoms with Crippen LogP contribution in [0.15, 0.2) is 72.9 Å². The van der Waals surface area contributed by atoms with Crippen LogP contribution >= 0.6 is 0 Å². The molecule has 4 heteroatoms. The second kappa shape index (κ2) is 7.00. The molecule has 1 N–H and O–H groups in total. The molecule has 2 aromatic heterocycles. The van der Waals surface area contributed by atoms with Gasteiger partial charge in [0.25, 0.3) is 5.91 Å². The number of anilines is 1. The van der Waals surface area contributed by atoms with Gasteiger partial charge in [-0.25, -0.2) is 9.97 Å². The topological polar surface area (TPSA) is 54.9 Å². The predicted octanol–water partition coefficient (Wildman–Crippen LogP) is 5.17. The van der Waals surface area contributed by atoms with Gasteiger partial charge in [0.1, 0.15) is 5.82 Å². The first-order chi connectivity index (χ1) is 13.1. The molecule has 0 aliphatic rings. The first-order valence-corrected chi connectivity index (χ1v) is 8.82. The van der Waals surface area contributed by atoms with E-state index in [1.807, 2.05) is 80.6 Å². The van der Waals surface area contributed by atoms with Crippen LogP contribution in [0.2, 0.25) is 0 Å². The molecule has 0 fully saturated rings. The zero-order chi connectivity index (χ0) is 18.8. The number of carbonyl (C=O) groups excluding carboxylic acids is 1. The minimum atomic E-state index is -0.181. The lowest BCUT2D eigenvalue weighted by Gasteiger charge is -2.14. The van der Waals surface area contributed by atoms with Gasteiger partial charge in [0.05, 0.1) is 16.8 Å². The van der Waals surface area contributed by atoms with Crippen molar-refractivity contribution in [1.82, 2.24) is 9.97 Å². The van der Waals surface area contributed by atoms with E-state index in [4.69, 9.17) is 4.98 Å². The number of hydrogen-bond donors (Lipinski definition) is 1. The van der Waals surface area contributed by atoms with E-state index in [1.165, 1.54) is 0 Å². The third-order valence-electron chi connectivity index (χ3n) is 4.56. The number of pyridine rings is 2. The highest BCUT2D eigenvalue weighted by Crippen LogP contribution is 2.30. The van der Waals surface area contributed by atoms with Gasteiger partial charge in [-0.3, -0.25) is 4.79 Å². The fourth-order valence-corrected chi connectivity index (χ4v) is 3.20. The van der Waals surface area contributed by atoms with Crippen molar-refractivity contribution < 1.29 is 4.79 Å². The molecule has 2 aromatic carbocycles. The quantitative estimate of drug-likeness (QED) is 0.553. The minimum absolute atomic E-state index is 0.181. The van der Waals surface area contributed by atoms with Crippen LogP contribution < -0.4 is 5.32 Å². The minimum Gasteiger partial charge on any atom is -0.307 e. The Balaban J connectivity index is 1.86. The maximum atomic E-state index is 13.1. The zero-order valence-electron chi connectivity index (χ0n) is 15.2. The maximum absolute atomic E-state index is 13.1. The molecular weight excluding hydrogens is 334 g/mol. The molecule has 4 nitrogen and oxygen atoms in total. The number of aryl methyl sites for hydroxylation is 1. The molecule has 0 aliphatic heterocycles. The average molecular weight is 353 g/mol.